The molecule has 72 valence electrons. The molecule has 2 N–H and O–H groups in total. The van der Waals surface area contributed by atoms with Crippen LogP contribution in [0.3, 0.4) is 0 Å². The molecule has 0 spiro atoms. The topological polar surface area (TPSA) is 26.0 Å². The molecule has 0 aliphatic rings. The zero-order chi connectivity index (χ0) is 10.0. The Morgan fingerprint density at radius 2 is 1.62 bits per heavy atom. The number of nitrogens with two attached hydrogens (primary N) is 1. The van der Waals surface area contributed by atoms with Crippen LogP contribution in [-0.2, 0) is 0 Å². The van der Waals surface area contributed by atoms with Crippen LogP contribution in [0.4, 0.5) is 8.78 Å². The van der Waals surface area contributed by atoms with Crippen LogP contribution in [0, 0.1) is 11.6 Å². The predicted octanol–water partition coefficient (Wildman–Crippen LogP) is 2.42. The molecule has 0 fully saturated rings. The lowest BCUT2D eigenvalue weighted by molar-refractivity contribution is 0.503. The Balaban J connectivity index is 3.12. The van der Waals surface area contributed by atoms with Crippen LogP contribution in [0.2, 0.25) is 0 Å². The molecule has 0 heterocycles. The van der Waals surface area contributed by atoms with Crippen LogP contribution in [0.15, 0.2) is 18.2 Å². The van der Waals surface area contributed by atoms with Crippen molar-refractivity contribution in [1.82, 2.24) is 0 Å². The van der Waals surface area contributed by atoms with Crippen molar-refractivity contribution in [2.75, 3.05) is 0 Å². The lowest BCUT2D eigenvalue weighted by Gasteiger charge is -2.17. The smallest absolute Gasteiger partial charge is 0.129 e. The standard InChI is InChI=1S/C10H13F2N/c1-6(7(2)13)10-8(11)4-3-5-9(10)12/h3-7H,13H2,1-2H3. The first-order valence-electron chi connectivity index (χ1n) is 4.23. The molecule has 3 heteroatoms. The molecule has 0 saturated carbocycles. The maximum absolute atomic E-state index is 13.2. The fourth-order valence-electron chi connectivity index (χ4n) is 1.21. The van der Waals surface area contributed by atoms with Gasteiger partial charge in [-0.25, -0.2) is 8.78 Å². The van der Waals surface area contributed by atoms with Crippen molar-refractivity contribution in [2.45, 2.75) is 25.8 Å². The Morgan fingerprint density at radius 3 is 2.00 bits per heavy atom. The second-order valence-electron chi connectivity index (χ2n) is 3.28. The first-order chi connectivity index (χ1) is 6.04. The quantitative estimate of drug-likeness (QED) is 0.752. The van der Waals surface area contributed by atoms with Gasteiger partial charge >= 0.3 is 0 Å². The van der Waals surface area contributed by atoms with E-state index in [1.165, 1.54) is 18.2 Å². The van der Waals surface area contributed by atoms with E-state index in [2.05, 4.69) is 0 Å². The molecule has 1 aromatic rings. The highest BCUT2D eigenvalue weighted by Crippen LogP contribution is 2.23. The normalized spacial score (nSPS) is 15.5. The van der Waals surface area contributed by atoms with Crippen LogP contribution in [0.5, 0.6) is 0 Å². The van der Waals surface area contributed by atoms with E-state index in [4.69, 9.17) is 5.73 Å². The number of hydrogen-bond donors (Lipinski definition) is 1. The highest BCUT2D eigenvalue weighted by Gasteiger charge is 2.18. The zero-order valence-electron chi connectivity index (χ0n) is 7.72. The van der Waals surface area contributed by atoms with Crippen molar-refractivity contribution < 1.29 is 8.78 Å². The summed E-state index contributed by atoms with van der Waals surface area (Å²) in [5.74, 6) is -1.35. The van der Waals surface area contributed by atoms with Gasteiger partial charge in [0.1, 0.15) is 11.6 Å². The number of hydrogen-bond acceptors (Lipinski definition) is 1. The van der Waals surface area contributed by atoms with Gasteiger partial charge in [-0.15, -0.1) is 0 Å². The lowest BCUT2D eigenvalue weighted by atomic mass is 9.94. The Labute approximate surface area is 76.6 Å². The second-order valence-corrected chi connectivity index (χ2v) is 3.28. The van der Waals surface area contributed by atoms with Crippen LogP contribution in [-0.4, -0.2) is 6.04 Å². The van der Waals surface area contributed by atoms with Gasteiger partial charge in [-0.05, 0) is 19.1 Å². The maximum Gasteiger partial charge on any atom is 0.129 e. The van der Waals surface area contributed by atoms with Gasteiger partial charge in [0.05, 0.1) is 0 Å². The molecule has 0 bridgehead atoms. The summed E-state index contributed by atoms with van der Waals surface area (Å²) >= 11 is 0. The number of rotatable bonds is 2. The number of halogens is 2. The molecule has 0 aromatic heterocycles. The predicted molar refractivity (Wildman–Crippen MR) is 48.4 cm³/mol. The highest BCUT2D eigenvalue weighted by molar-refractivity contribution is 5.24. The van der Waals surface area contributed by atoms with E-state index < -0.39 is 11.6 Å². The molecule has 13 heavy (non-hydrogen) atoms. The summed E-state index contributed by atoms with van der Waals surface area (Å²) in [5, 5.41) is 0. The van der Waals surface area contributed by atoms with Gasteiger partial charge in [0, 0.05) is 17.5 Å². The molecule has 0 aliphatic heterocycles. The summed E-state index contributed by atoms with van der Waals surface area (Å²) in [6, 6.07) is 3.59. The molecule has 2 unspecified atom stereocenters. The fraction of sp³-hybridized carbons (Fsp3) is 0.400. The zero-order valence-corrected chi connectivity index (χ0v) is 7.72. The molecule has 0 radical (unpaired) electrons. The summed E-state index contributed by atoms with van der Waals surface area (Å²) in [6.07, 6.45) is 0. The summed E-state index contributed by atoms with van der Waals surface area (Å²) < 4.78 is 26.3. The summed E-state index contributed by atoms with van der Waals surface area (Å²) in [7, 11) is 0. The van der Waals surface area contributed by atoms with E-state index in [1.807, 2.05) is 0 Å². The molecule has 0 amide bonds. The van der Waals surface area contributed by atoms with Gasteiger partial charge < -0.3 is 5.73 Å². The third-order valence-electron chi connectivity index (χ3n) is 2.24. The molecule has 0 aliphatic carbocycles. The third kappa shape index (κ3) is 2.04. The average molecular weight is 185 g/mol. The Morgan fingerprint density at radius 1 is 1.15 bits per heavy atom. The summed E-state index contributed by atoms with van der Waals surface area (Å²) in [6.45, 7) is 3.45. The summed E-state index contributed by atoms with van der Waals surface area (Å²) in [5.41, 5.74) is 5.65. The molecule has 0 saturated heterocycles. The molecular formula is C10H13F2N. The lowest BCUT2D eigenvalue weighted by Crippen LogP contribution is -2.24. The third-order valence-corrected chi connectivity index (χ3v) is 2.24. The Hall–Kier alpha value is -0.960. The van der Waals surface area contributed by atoms with Gasteiger partial charge in [-0.1, -0.05) is 13.0 Å². The Kier molecular flexibility index (Phi) is 2.98. The van der Waals surface area contributed by atoms with Crippen molar-refractivity contribution in [3.05, 3.63) is 35.4 Å². The van der Waals surface area contributed by atoms with Crippen molar-refractivity contribution in [3.63, 3.8) is 0 Å². The highest BCUT2D eigenvalue weighted by atomic mass is 19.1. The number of benzene rings is 1. The molecule has 1 nitrogen and oxygen atoms in total. The van der Waals surface area contributed by atoms with E-state index in [9.17, 15) is 8.78 Å². The largest absolute Gasteiger partial charge is 0.327 e. The molecule has 2 atom stereocenters. The summed E-state index contributed by atoms with van der Waals surface area (Å²) in [4.78, 5) is 0. The Bertz CT molecular complexity index is 277. The van der Waals surface area contributed by atoms with Gasteiger partial charge in [0.25, 0.3) is 0 Å². The van der Waals surface area contributed by atoms with E-state index in [0.717, 1.165) is 0 Å². The molecule has 1 aromatic carbocycles. The van der Waals surface area contributed by atoms with Crippen molar-refractivity contribution >= 4 is 0 Å². The van der Waals surface area contributed by atoms with Gasteiger partial charge in [-0.3, -0.25) is 0 Å². The van der Waals surface area contributed by atoms with Crippen LogP contribution in [0.25, 0.3) is 0 Å². The van der Waals surface area contributed by atoms with Gasteiger partial charge in [0.15, 0.2) is 0 Å². The first kappa shape index (κ1) is 10.1. The first-order valence-corrected chi connectivity index (χ1v) is 4.23. The molecule has 1 rings (SSSR count). The van der Waals surface area contributed by atoms with Gasteiger partial charge in [0.2, 0.25) is 0 Å². The van der Waals surface area contributed by atoms with E-state index in [1.54, 1.807) is 13.8 Å². The van der Waals surface area contributed by atoms with Crippen molar-refractivity contribution in [3.8, 4) is 0 Å². The van der Waals surface area contributed by atoms with Crippen LogP contribution < -0.4 is 5.73 Å². The monoisotopic (exact) mass is 185 g/mol. The molecular weight excluding hydrogens is 172 g/mol. The van der Waals surface area contributed by atoms with E-state index in [0.29, 0.717) is 0 Å². The van der Waals surface area contributed by atoms with Crippen molar-refractivity contribution in [2.24, 2.45) is 5.73 Å². The second kappa shape index (κ2) is 3.83. The maximum atomic E-state index is 13.2. The van der Waals surface area contributed by atoms with E-state index >= 15 is 0 Å². The van der Waals surface area contributed by atoms with Gasteiger partial charge in [-0.2, -0.15) is 0 Å². The van der Waals surface area contributed by atoms with Crippen LogP contribution >= 0.6 is 0 Å². The minimum Gasteiger partial charge on any atom is -0.327 e. The van der Waals surface area contributed by atoms with Crippen molar-refractivity contribution in [1.29, 1.82) is 0 Å². The minimum atomic E-state index is -0.523. The minimum absolute atomic E-state index is 0.0810. The SMILES string of the molecule is CC(N)C(C)c1c(F)cccc1F. The fourth-order valence-corrected chi connectivity index (χ4v) is 1.21. The van der Waals surface area contributed by atoms with Crippen LogP contribution in [0.1, 0.15) is 25.3 Å². The average Bonchev–Trinajstić information content (AvgIpc) is 2.03. The van der Waals surface area contributed by atoms with E-state index in [-0.39, 0.29) is 17.5 Å².